The molecule has 4 heteroatoms. The van der Waals surface area contributed by atoms with E-state index in [2.05, 4.69) is 47.6 Å². The smallest absolute Gasteiger partial charge is 0.234 e. The average molecular weight is 261 g/mol. The maximum atomic E-state index is 11.9. The number of carbonyl (C=O) groups excluding carboxylic acids is 1. The van der Waals surface area contributed by atoms with Crippen molar-refractivity contribution in [1.29, 1.82) is 0 Å². The molecule has 1 fully saturated rings. The summed E-state index contributed by atoms with van der Waals surface area (Å²) < 4.78 is 0. The van der Waals surface area contributed by atoms with Crippen molar-refractivity contribution in [2.24, 2.45) is 0 Å². The first-order chi connectivity index (χ1) is 9.15. The van der Waals surface area contributed by atoms with Crippen LogP contribution in [0.2, 0.25) is 0 Å². The van der Waals surface area contributed by atoms with Crippen molar-refractivity contribution in [3.05, 3.63) is 34.9 Å². The SMILES string of the molecule is Cc1ccc(CNC(=O)CN2CCNCC2)c(C)c1. The number of hydrogen-bond acceptors (Lipinski definition) is 3. The molecule has 2 N–H and O–H groups in total. The van der Waals surface area contributed by atoms with E-state index in [1.807, 2.05) is 0 Å². The van der Waals surface area contributed by atoms with Crippen LogP contribution in [0.4, 0.5) is 0 Å². The van der Waals surface area contributed by atoms with Gasteiger partial charge >= 0.3 is 0 Å². The minimum Gasteiger partial charge on any atom is -0.351 e. The lowest BCUT2D eigenvalue weighted by molar-refractivity contribution is -0.122. The van der Waals surface area contributed by atoms with Gasteiger partial charge in [-0.3, -0.25) is 9.69 Å². The predicted molar refractivity (Wildman–Crippen MR) is 77.1 cm³/mol. The molecular formula is C15H23N3O. The third-order valence-electron chi connectivity index (χ3n) is 3.55. The Balaban J connectivity index is 1.79. The molecule has 1 amide bonds. The highest BCUT2D eigenvalue weighted by Gasteiger charge is 2.13. The second-order valence-electron chi connectivity index (χ2n) is 5.23. The molecule has 0 atom stereocenters. The number of aryl methyl sites for hydroxylation is 2. The maximum Gasteiger partial charge on any atom is 0.234 e. The minimum absolute atomic E-state index is 0.113. The number of rotatable bonds is 4. The second-order valence-corrected chi connectivity index (χ2v) is 5.23. The molecule has 0 radical (unpaired) electrons. The summed E-state index contributed by atoms with van der Waals surface area (Å²) in [5, 5.41) is 6.29. The Kier molecular flexibility index (Phi) is 4.93. The Bertz CT molecular complexity index is 439. The molecule has 19 heavy (non-hydrogen) atoms. The number of piperazine rings is 1. The zero-order valence-corrected chi connectivity index (χ0v) is 11.8. The van der Waals surface area contributed by atoms with Gasteiger partial charge in [-0.05, 0) is 25.0 Å². The van der Waals surface area contributed by atoms with E-state index in [1.165, 1.54) is 16.7 Å². The number of nitrogens with zero attached hydrogens (tertiary/aromatic N) is 1. The van der Waals surface area contributed by atoms with E-state index in [0.29, 0.717) is 13.1 Å². The standard InChI is InChI=1S/C15H23N3O/c1-12-3-4-14(13(2)9-12)10-17-15(19)11-18-7-5-16-6-8-18/h3-4,9,16H,5-8,10-11H2,1-2H3,(H,17,19). The molecule has 1 saturated heterocycles. The van der Waals surface area contributed by atoms with Crippen molar-refractivity contribution in [3.63, 3.8) is 0 Å². The van der Waals surface area contributed by atoms with E-state index < -0.39 is 0 Å². The molecule has 1 heterocycles. The van der Waals surface area contributed by atoms with Crippen LogP contribution in [0.3, 0.4) is 0 Å². The van der Waals surface area contributed by atoms with E-state index in [1.54, 1.807) is 0 Å². The zero-order valence-electron chi connectivity index (χ0n) is 11.8. The molecule has 0 saturated carbocycles. The van der Waals surface area contributed by atoms with Crippen molar-refractivity contribution >= 4 is 5.91 Å². The third-order valence-corrected chi connectivity index (χ3v) is 3.55. The normalized spacial score (nSPS) is 16.3. The lowest BCUT2D eigenvalue weighted by Gasteiger charge is -2.26. The number of nitrogens with one attached hydrogen (secondary N) is 2. The summed E-state index contributed by atoms with van der Waals surface area (Å²) in [6.07, 6.45) is 0. The first-order valence-electron chi connectivity index (χ1n) is 6.91. The van der Waals surface area contributed by atoms with Gasteiger partial charge in [-0.1, -0.05) is 23.8 Å². The Morgan fingerprint density at radius 3 is 2.74 bits per heavy atom. The molecule has 0 unspecified atom stereocenters. The molecule has 2 rings (SSSR count). The van der Waals surface area contributed by atoms with E-state index >= 15 is 0 Å². The maximum absolute atomic E-state index is 11.9. The number of carbonyl (C=O) groups is 1. The van der Waals surface area contributed by atoms with Crippen molar-refractivity contribution in [1.82, 2.24) is 15.5 Å². The number of benzene rings is 1. The predicted octanol–water partition coefficient (Wildman–Crippen LogP) is 0.825. The van der Waals surface area contributed by atoms with Crippen LogP contribution in [0.5, 0.6) is 0 Å². The first kappa shape index (κ1) is 14.0. The Morgan fingerprint density at radius 2 is 2.05 bits per heavy atom. The summed E-state index contributed by atoms with van der Waals surface area (Å²) >= 11 is 0. The van der Waals surface area contributed by atoms with Crippen LogP contribution < -0.4 is 10.6 Å². The lowest BCUT2D eigenvalue weighted by atomic mass is 10.1. The average Bonchev–Trinajstić information content (AvgIpc) is 2.39. The Labute approximate surface area is 115 Å². The van der Waals surface area contributed by atoms with Crippen LogP contribution in [-0.4, -0.2) is 43.5 Å². The molecule has 0 bridgehead atoms. The van der Waals surface area contributed by atoms with Crippen molar-refractivity contribution in [3.8, 4) is 0 Å². The highest BCUT2D eigenvalue weighted by Crippen LogP contribution is 2.09. The number of amides is 1. The highest BCUT2D eigenvalue weighted by molar-refractivity contribution is 5.78. The van der Waals surface area contributed by atoms with Gasteiger partial charge in [0, 0.05) is 32.7 Å². The summed E-state index contributed by atoms with van der Waals surface area (Å²) in [7, 11) is 0. The quantitative estimate of drug-likeness (QED) is 0.843. The van der Waals surface area contributed by atoms with Crippen molar-refractivity contribution in [2.45, 2.75) is 20.4 Å². The van der Waals surface area contributed by atoms with Crippen LogP contribution in [0, 0.1) is 13.8 Å². The summed E-state index contributed by atoms with van der Waals surface area (Å²) in [6, 6.07) is 6.33. The fourth-order valence-corrected chi connectivity index (χ4v) is 2.37. The van der Waals surface area contributed by atoms with Gasteiger partial charge < -0.3 is 10.6 Å². The van der Waals surface area contributed by atoms with Gasteiger partial charge in [-0.2, -0.15) is 0 Å². The van der Waals surface area contributed by atoms with Crippen molar-refractivity contribution < 1.29 is 4.79 Å². The molecule has 0 aromatic heterocycles. The lowest BCUT2D eigenvalue weighted by Crippen LogP contribution is -2.47. The summed E-state index contributed by atoms with van der Waals surface area (Å²) in [6.45, 7) is 9.16. The van der Waals surface area contributed by atoms with Gasteiger partial charge in [-0.15, -0.1) is 0 Å². The number of hydrogen-bond donors (Lipinski definition) is 2. The zero-order chi connectivity index (χ0) is 13.7. The van der Waals surface area contributed by atoms with Crippen LogP contribution in [0.25, 0.3) is 0 Å². The van der Waals surface area contributed by atoms with Gasteiger partial charge in [0.15, 0.2) is 0 Å². The fraction of sp³-hybridized carbons (Fsp3) is 0.533. The van der Waals surface area contributed by atoms with Crippen LogP contribution in [-0.2, 0) is 11.3 Å². The molecular weight excluding hydrogens is 238 g/mol. The van der Waals surface area contributed by atoms with Crippen LogP contribution >= 0.6 is 0 Å². The van der Waals surface area contributed by atoms with E-state index in [9.17, 15) is 4.79 Å². The molecule has 1 aliphatic heterocycles. The van der Waals surface area contributed by atoms with Crippen molar-refractivity contribution in [2.75, 3.05) is 32.7 Å². The van der Waals surface area contributed by atoms with E-state index in [-0.39, 0.29) is 5.91 Å². The summed E-state index contributed by atoms with van der Waals surface area (Å²) in [4.78, 5) is 14.1. The first-order valence-corrected chi connectivity index (χ1v) is 6.91. The van der Waals surface area contributed by atoms with E-state index in [0.717, 1.165) is 26.2 Å². The van der Waals surface area contributed by atoms with Gasteiger partial charge in [0.1, 0.15) is 0 Å². The third kappa shape index (κ3) is 4.33. The van der Waals surface area contributed by atoms with E-state index in [4.69, 9.17) is 0 Å². The second kappa shape index (κ2) is 6.68. The van der Waals surface area contributed by atoms with Gasteiger partial charge in [0.25, 0.3) is 0 Å². The summed E-state index contributed by atoms with van der Waals surface area (Å²) in [5.41, 5.74) is 3.69. The van der Waals surface area contributed by atoms with Crippen LogP contribution in [0.15, 0.2) is 18.2 Å². The molecule has 1 aliphatic rings. The molecule has 4 nitrogen and oxygen atoms in total. The molecule has 0 aliphatic carbocycles. The van der Waals surface area contributed by atoms with Gasteiger partial charge in [-0.25, -0.2) is 0 Å². The van der Waals surface area contributed by atoms with Gasteiger partial charge in [0.2, 0.25) is 5.91 Å². The van der Waals surface area contributed by atoms with Crippen LogP contribution in [0.1, 0.15) is 16.7 Å². The molecule has 1 aromatic carbocycles. The summed E-state index contributed by atoms with van der Waals surface area (Å²) in [5.74, 6) is 0.113. The Morgan fingerprint density at radius 1 is 1.32 bits per heavy atom. The molecule has 1 aromatic rings. The Hall–Kier alpha value is -1.39. The topological polar surface area (TPSA) is 44.4 Å². The van der Waals surface area contributed by atoms with Gasteiger partial charge in [0.05, 0.1) is 6.54 Å². The largest absolute Gasteiger partial charge is 0.351 e. The molecule has 104 valence electrons. The minimum atomic E-state index is 0.113. The monoisotopic (exact) mass is 261 g/mol. The highest BCUT2D eigenvalue weighted by atomic mass is 16.2. The fourth-order valence-electron chi connectivity index (χ4n) is 2.37. The molecule has 0 spiro atoms.